The summed E-state index contributed by atoms with van der Waals surface area (Å²) in [6, 6.07) is 6.83. The molecular formula is C16H22N2O. The summed E-state index contributed by atoms with van der Waals surface area (Å²) in [5.74, 6) is 0. The van der Waals surface area contributed by atoms with Crippen LogP contribution in [-0.4, -0.2) is 32.8 Å². The lowest BCUT2D eigenvalue weighted by atomic mass is 9.73. The highest BCUT2D eigenvalue weighted by molar-refractivity contribution is 5.59. The minimum Gasteiger partial charge on any atom is -0.381 e. The lowest BCUT2D eigenvalue weighted by molar-refractivity contribution is -0.000256. The highest BCUT2D eigenvalue weighted by Crippen LogP contribution is 2.43. The van der Waals surface area contributed by atoms with Crippen LogP contribution in [0.5, 0.6) is 0 Å². The zero-order valence-corrected chi connectivity index (χ0v) is 11.5. The van der Waals surface area contributed by atoms with Crippen LogP contribution in [0, 0.1) is 5.41 Å². The average Bonchev–Trinajstić information content (AvgIpc) is 2.45. The van der Waals surface area contributed by atoms with Gasteiger partial charge in [-0.1, -0.05) is 12.1 Å². The van der Waals surface area contributed by atoms with E-state index < -0.39 is 0 Å². The monoisotopic (exact) mass is 258 g/mol. The zero-order valence-electron chi connectivity index (χ0n) is 11.5. The molecule has 1 spiro atoms. The summed E-state index contributed by atoms with van der Waals surface area (Å²) < 4.78 is 5.50. The Hall–Kier alpha value is -1.06. The maximum absolute atomic E-state index is 5.50. The van der Waals surface area contributed by atoms with Gasteiger partial charge in [-0.2, -0.15) is 0 Å². The van der Waals surface area contributed by atoms with E-state index in [9.17, 15) is 0 Å². The summed E-state index contributed by atoms with van der Waals surface area (Å²) in [5.41, 5.74) is 5.12. The fraction of sp³-hybridized carbons (Fsp3) is 0.625. The van der Waals surface area contributed by atoms with Crippen LogP contribution in [0.2, 0.25) is 0 Å². The van der Waals surface area contributed by atoms with Gasteiger partial charge in [-0.25, -0.2) is 0 Å². The van der Waals surface area contributed by atoms with Gasteiger partial charge in [0, 0.05) is 44.0 Å². The zero-order chi connectivity index (χ0) is 12.7. The van der Waals surface area contributed by atoms with E-state index >= 15 is 0 Å². The Morgan fingerprint density at radius 2 is 2.00 bits per heavy atom. The van der Waals surface area contributed by atoms with Crippen LogP contribution in [0.3, 0.4) is 0 Å². The van der Waals surface area contributed by atoms with Crippen LogP contribution in [0.15, 0.2) is 18.2 Å². The number of nitrogens with one attached hydrogen (secondary N) is 1. The number of fused-ring (bicyclic) bond motifs is 1. The van der Waals surface area contributed by atoms with Gasteiger partial charge in [0.15, 0.2) is 0 Å². The number of nitrogens with zero attached hydrogens (tertiary/aromatic N) is 1. The number of hydrogen-bond acceptors (Lipinski definition) is 3. The van der Waals surface area contributed by atoms with Crippen LogP contribution >= 0.6 is 0 Å². The molecule has 0 amide bonds. The third-order valence-corrected chi connectivity index (χ3v) is 5.07. The first-order valence-corrected chi connectivity index (χ1v) is 7.51. The second-order valence-corrected chi connectivity index (χ2v) is 6.31. The van der Waals surface area contributed by atoms with Gasteiger partial charge in [-0.15, -0.1) is 0 Å². The molecule has 0 unspecified atom stereocenters. The van der Waals surface area contributed by atoms with Crippen molar-refractivity contribution >= 4 is 5.69 Å². The largest absolute Gasteiger partial charge is 0.381 e. The van der Waals surface area contributed by atoms with Crippen molar-refractivity contribution in [2.45, 2.75) is 25.8 Å². The summed E-state index contributed by atoms with van der Waals surface area (Å²) >= 11 is 0. The number of hydrogen-bond donors (Lipinski definition) is 1. The van der Waals surface area contributed by atoms with Gasteiger partial charge in [0.1, 0.15) is 0 Å². The van der Waals surface area contributed by atoms with E-state index in [-0.39, 0.29) is 0 Å². The van der Waals surface area contributed by atoms with E-state index in [1.807, 2.05) is 0 Å². The summed E-state index contributed by atoms with van der Waals surface area (Å²) in [7, 11) is 0. The van der Waals surface area contributed by atoms with Gasteiger partial charge in [-0.3, -0.25) is 0 Å². The van der Waals surface area contributed by atoms with Crippen molar-refractivity contribution in [3.63, 3.8) is 0 Å². The van der Waals surface area contributed by atoms with Gasteiger partial charge >= 0.3 is 0 Å². The van der Waals surface area contributed by atoms with Gasteiger partial charge in [-0.05, 0) is 43.0 Å². The van der Waals surface area contributed by atoms with E-state index in [0.29, 0.717) is 5.41 Å². The van der Waals surface area contributed by atoms with Gasteiger partial charge in [0.05, 0.1) is 0 Å². The van der Waals surface area contributed by atoms with Crippen molar-refractivity contribution in [2.75, 3.05) is 37.7 Å². The maximum atomic E-state index is 5.50. The molecule has 2 saturated heterocycles. The second kappa shape index (κ2) is 4.50. The molecule has 0 aliphatic carbocycles. The standard InChI is InChI=1S/C16H22N2O/c1-2-13-4-7-17-10-14(13)15(3-1)18-11-16(12-18)5-8-19-9-6-16/h1-3,17H,4-12H2. The SMILES string of the molecule is c1cc2c(c(N3CC4(CCOCC4)C3)c1)CNCC2. The van der Waals surface area contributed by atoms with Crippen molar-refractivity contribution in [3.05, 3.63) is 29.3 Å². The Bertz CT molecular complexity index is 472. The Morgan fingerprint density at radius 1 is 1.16 bits per heavy atom. The lowest BCUT2D eigenvalue weighted by Gasteiger charge is -2.54. The highest BCUT2D eigenvalue weighted by Gasteiger charge is 2.44. The van der Waals surface area contributed by atoms with Crippen molar-refractivity contribution in [2.24, 2.45) is 5.41 Å². The first-order chi connectivity index (χ1) is 9.36. The minimum absolute atomic E-state index is 0.559. The van der Waals surface area contributed by atoms with Gasteiger partial charge in [0.25, 0.3) is 0 Å². The molecule has 3 heterocycles. The van der Waals surface area contributed by atoms with Crippen LogP contribution in [0.25, 0.3) is 0 Å². The van der Waals surface area contributed by atoms with Crippen LogP contribution in [-0.2, 0) is 17.7 Å². The molecule has 0 atom stereocenters. The van der Waals surface area contributed by atoms with E-state index in [1.165, 1.54) is 43.6 Å². The van der Waals surface area contributed by atoms with Crippen molar-refractivity contribution in [3.8, 4) is 0 Å². The molecule has 3 nitrogen and oxygen atoms in total. The molecular weight excluding hydrogens is 236 g/mol. The summed E-state index contributed by atoms with van der Waals surface area (Å²) in [6.07, 6.45) is 3.67. The topological polar surface area (TPSA) is 24.5 Å². The van der Waals surface area contributed by atoms with Crippen molar-refractivity contribution in [1.29, 1.82) is 0 Å². The van der Waals surface area contributed by atoms with Gasteiger partial charge < -0.3 is 15.0 Å². The van der Waals surface area contributed by atoms with E-state index in [2.05, 4.69) is 28.4 Å². The number of rotatable bonds is 1. The molecule has 3 heteroatoms. The summed E-state index contributed by atoms with van der Waals surface area (Å²) in [4.78, 5) is 2.58. The molecule has 1 aromatic carbocycles. The fourth-order valence-electron chi connectivity index (χ4n) is 3.85. The molecule has 0 bridgehead atoms. The van der Waals surface area contributed by atoms with Crippen molar-refractivity contribution < 1.29 is 4.74 Å². The molecule has 4 rings (SSSR count). The first-order valence-electron chi connectivity index (χ1n) is 7.51. The lowest BCUT2D eigenvalue weighted by Crippen LogP contribution is -2.59. The number of anilines is 1. The smallest absolute Gasteiger partial charge is 0.0472 e. The van der Waals surface area contributed by atoms with Crippen LogP contribution in [0.1, 0.15) is 24.0 Å². The number of ether oxygens (including phenoxy) is 1. The molecule has 19 heavy (non-hydrogen) atoms. The quantitative estimate of drug-likeness (QED) is 0.833. The normalized spacial score (nSPS) is 24.9. The Labute approximate surface area is 114 Å². The first kappa shape index (κ1) is 11.7. The minimum atomic E-state index is 0.559. The Balaban J connectivity index is 1.55. The van der Waals surface area contributed by atoms with Crippen LogP contribution < -0.4 is 10.2 Å². The molecule has 0 radical (unpaired) electrons. The fourth-order valence-corrected chi connectivity index (χ4v) is 3.85. The van der Waals surface area contributed by atoms with Crippen molar-refractivity contribution in [1.82, 2.24) is 5.32 Å². The van der Waals surface area contributed by atoms with Gasteiger partial charge in [0.2, 0.25) is 0 Å². The Morgan fingerprint density at radius 3 is 2.84 bits per heavy atom. The van der Waals surface area contributed by atoms with E-state index in [4.69, 9.17) is 4.74 Å². The molecule has 1 aromatic rings. The Kier molecular flexibility index (Phi) is 2.78. The predicted octanol–water partition coefficient (Wildman–Crippen LogP) is 1.95. The molecule has 3 aliphatic heterocycles. The van der Waals surface area contributed by atoms with E-state index in [0.717, 1.165) is 26.3 Å². The van der Waals surface area contributed by atoms with Crippen LogP contribution in [0.4, 0.5) is 5.69 Å². The van der Waals surface area contributed by atoms with E-state index in [1.54, 1.807) is 5.56 Å². The second-order valence-electron chi connectivity index (χ2n) is 6.31. The molecule has 0 saturated carbocycles. The third-order valence-electron chi connectivity index (χ3n) is 5.07. The predicted molar refractivity (Wildman–Crippen MR) is 76.6 cm³/mol. The third kappa shape index (κ3) is 1.96. The maximum Gasteiger partial charge on any atom is 0.0472 e. The highest BCUT2D eigenvalue weighted by atomic mass is 16.5. The molecule has 0 aromatic heterocycles. The molecule has 2 fully saturated rings. The summed E-state index contributed by atoms with van der Waals surface area (Å²) in [5, 5.41) is 3.51. The summed E-state index contributed by atoms with van der Waals surface area (Å²) in [6.45, 7) is 6.54. The number of benzene rings is 1. The molecule has 102 valence electrons. The molecule has 1 N–H and O–H groups in total. The average molecular weight is 258 g/mol. The molecule has 3 aliphatic rings.